The van der Waals surface area contributed by atoms with Gasteiger partial charge < -0.3 is 14.6 Å². The number of aliphatic carboxylic acids is 1. The summed E-state index contributed by atoms with van der Waals surface area (Å²) < 4.78 is 11.2. The molecule has 0 aliphatic heterocycles. The van der Waals surface area contributed by atoms with E-state index >= 15 is 0 Å². The Bertz CT molecular complexity index is 717. The van der Waals surface area contributed by atoms with E-state index in [0.29, 0.717) is 24.4 Å². The molecule has 0 amide bonds. The molecule has 0 saturated carbocycles. The van der Waals surface area contributed by atoms with E-state index in [1.807, 2.05) is 31.2 Å². The zero-order valence-corrected chi connectivity index (χ0v) is 17.5. The molecule has 0 fully saturated rings. The van der Waals surface area contributed by atoms with Gasteiger partial charge in [0.2, 0.25) is 0 Å². The molecule has 1 unspecified atom stereocenters. The van der Waals surface area contributed by atoms with Crippen LogP contribution in [0.15, 0.2) is 36.7 Å². The van der Waals surface area contributed by atoms with Crippen LogP contribution in [0.4, 0.5) is 0 Å². The molecule has 0 aliphatic carbocycles. The standard InChI is InChI=1S/C23H32N2O4/c1-3-5-8-21(23(26)27)19-16-24-22(25-17-19)18-9-11-20(12-10-18)29-15-7-6-14-28-13-4-2/h9-12,16-17,21H,3-8,13-15H2,1-2H3,(H,26,27). The van der Waals surface area contributed by atoms with Crippen LogP contribution in [0.25, 0.3) is 11.4 Å². The zero-order chi connectivity index (χ0) is 20.9. The predicted molar refractivity (Wildman–Crippen MR) is 113 cm³/mol. The van der Waals surface area contributed by atoms with Crippen molar-refractivity contribution in [3.05, 3.63) is 42.2 Å². The smallest absolute Gasteiger partial charge is 0.311 e. The summed E-state index contributed by atoms with van der Waals surface area (Å²) in [5.74, 6) is 0.0127. The van der Waals surface area contributed by atoms with E-state index in [0.717, 1.165) is 56.6 Å². The van der Waals surface area contributed by atoms with Crippen LogP contribution in [-0.4, -0.2) is 40.9 Å². The molecule has 6 nitrogen and oxygen atoms in total. The van der Waals surface area contributed by atoms with Gasteiger partial charge >= 0.3 is 5.97 Å². The first-order chi connectivity index (χ1) is 14.2. The van der Waals surface area contributed by atoms with Gasteiger partial charge in [-0.05, 0) is 49.9 Å². The zero-order valence-electron chi connectivity index (χ0n) is 17.5. The first-order valence-electron chi connectivity index (χ1n) is 10.5. The van der Waals surface area contributed by atoms with Crippen molar-refractivity contribution < 1.29 is 19.4 Å². The van der Waals surface area contributed by atoms with Crippen molar-refractivity contribution in [1.29, 1.82) is 0 Å². The van der Waals surface area contributed by atoms with Crippen molar-refractivity contribution in [3.8, 4) is 17.1 Å². The highest BCUT2D eigenvalue weighted by Gasteiger charge is 2.20. The van der Waals surface area contributed by atoms with E-state index in [1.165, 1.54) is 0 Å². The molecule has 0 radical (unpaired) electrons. The number of rotatable bonds is 14. The lowest BCUT2D eigenvalue weighted by atomic mass is 9.96. The van der Waals surface area contributed by atoms with Gasteiger partial charge in [-0.2, -0.15) is 0 Å². The Morgan fingerprint density at radius 1 is 0.966 bits per heavy atom. The summed E-state index contributed by atoms with van der Waals surface area (Å²) in [7, 11) is 0. The average molecular weight is 401 g/mol. The third-order valence-corrected chi connectivity index (χ3v) is 4.63. The van der Waals surface area contributed by atoms with Gasteiger partial charge in [0.15, 0.2) is 5.82 Å². The third-order valence-electron chi connectivity index (χ3n) is 4.63. The largest absolute Gasteiger partial charge is 0.494 e. The first kappa shape index (κ1) is 22.8. The van der Waals surface area contributed by atoms with Crippen LogP contribution in [0.5, 0.6) is 5.75 Å². The molecule has 0 bridgehead atoms. The van der Waals surface area contributed by atoms with Crippen LogP contribution in [-0.2, 0) is 9.53 Å². The SMILES string of the molecule is CCCCC(C(=O)O)c1cnc(-c2ccc(OCCCCOCCC)cc2)nc1. The van der Waals surface area contributed by atoms with E-state index in [2.05, 4.69) is 16.9 Å². The second-order valence-corrected chi connectivity index (χ2v) is 7.07. The quantitative estimate of drug-likeness (QED) is 0.445. The third kappa shape index (κ3) is 7.81. The molecule has 1 aromatic heterocycles. The highest BCUT2D eigenvalue weighted by molar-refractivity contribution is 5.75. The Morgan fingerprint density at radius 3 is 2.28 bits per heavy atom. The minimum atomic E-state index is -0.826. The average Bonchev–Trinajstić information content (AvgIpc) is 2.74. The molecule has 29 heavy (non-hydrogen) atoms. The Hall–Kier alpha value is -2.47. The Kier molecular flexibility index (Phi) is 10.1. The lowest BCUT2D eigenvalue weighted by Crippen LogP contribution is -2.12. The van der Waals surface area contributed by atoms with Gasteiger partial charge in [0.25, 0.3) is 0 Å². The van der Waals surface area contributed by atoms with Gasteiger partial charge in [0, 0.05) is 36.7 Å². The first-order valence-corrected chi connectivity index (χ1v) is 10.5. The Balaban J connectivity index is 1.86. The molecule has 0 saturated heterocycles. The molecule has 6 heteroatoms. The number of nitrogens with zero attached hydrogens (tertiary/aromatic N) is 2. The molecular weight excluding hydrogens is 368 g/mol. The van der Waals surface area contributed by atoms with Crippen molar-refractivity contribution in [1.82, 2.24) is 9.97 Å². The van der Waals surface area contributed by atoms with Crippen molar-refractivity contribution >= 4 is 5.97 Å². The summed E-state index contributed by atoms with van der Waals surface area (Å²) in [5, 5.41) is 9.44. The van der Waals surface area contributed by atoms with Crippen molar-refractivity contribution in [2.24, 2.45) is 0 Å². The number of aromatic nitrogens is 2. The molecular formula is C23H32N2O4. The second kappa shape index (κ2) is 12.9. The summed E-state index contributed by atoms with van der Waals surface area (Å²) in [6.45, 7) is 6.42. The van der Waals surface area contributed by atoms with E-state index in [4.69, 9.17) is 9.47 Å². The number of unbranched alkanes of at least 4 members (excludes halogenated alkanes) is 2. The van der Waals surface area contributed by atoms with E-state index in [9.17, 15) is 9.90 Å². The lowest BCUT2D eigenvalue weighted by Gasteiger charge is -2.12. The number of ether oxygens (including phenoxy) is 2. The molecule has 1 aromatic carbocycles. The second-order valence-electron chi connectivity index (χ2n) is 7.07. The fourth-order valence-corrected chi connectivity index (χ4v) is 2.95. The molecule has 0 spiro atoms. The molecule has 158 valence electrons. The summed E-state index contributed by atoms with van der Waals surface area (Å²) >= 11 is 0. The van der Waals surface area contributed by atoms with Crippen LogP contribution in [0, 0.1) is 0 Å². The van der Waals surface area contributed by atoms with Gasteiger partial charge in [-0.3, -0.25) is 4.79 Å². The van der Waals surface area contributed by atoms with Crippen LogP contribution in [0.1, 0.15) is 63.9 Å². The number of carboxylic acid groups (broad SMARTS) is 1. The highest BCUT2D eigenvalue weighted by Crippen LogP contribution is 2.24. The van der Waals surface area contributed by atoms with Crippen LogP contribution < -0.4 is 4.74 Å². The lowest BCUT2D eigenvalue weighted by molar-refractivity contribution is -0.139. The predicted octanol–water partition coefficient (Wildman–Crippen LogP) is 5.09. The summed E-state index contributed by atoms with van der Waals surface area (Å²) in [5.41, 5.74) is 1.52. The molecule has 2 rings (SSSR count). The number of benzene rings is 1. The monoisotopic (exact) mass is 400 g/mol. The van der Waals surface area contributed by atoms with Gasteiger partial charge in [-0.15, -0.1) is 0 Å². The van der Waals surface area contributed by atoms with Crippen LogP contribution in [0.2, 0.25) is 0 Å². The number of carbonyl (C=O) groups is 1. The molecule has 1 heterocycles. The summed E-state index contributed by atoms with van der Waals surface area (Å²) in [6.07, 6.45) is 8.69. The maximum atomic E-state index is 11.5. The van der Waals surface area contributed by atoms with E-state index < -0.39 is 11.9 Å². The molecule has 0 aliphatic rings. The van der Waals surface area contributed by atoms with Crippen molar-refractivity contribution in [3.63, 3.8) is 0 Å². The van der Waals surface area contributed by atoms with Gasteiger partial charge in [-0.1, -0.05) is 26.7 Å². The van der Waals surface area contributed by atoms with Gasteiger partial charge in [0.05, 0.1) is 12.5 Å². The normalized spacial score (nSPS) is 11.9. The molecule has 1 atom stereocenters. The molecule has 2 aromatic rings. The number of carboxylic acids is 1. The van der Waals surface area contributed by atoms with E-state index in [1.54, 1.807) is 12.4 Å². The maximum absolute atomic E-state index is 11.5. The maximum Gasteiger partial charge on any atom is 0.311 e. The van der Waals surface area contributed by atoms with Crippen LogP contribution in [0.3, 0.4) is 0 Å². The Morgan fingerprint density at radius 2 is 1.66 bits per heavy atom. The fourth-order valence-electron chi connectivity index (χ4n) is 2.95. The van der Waals surface area contributed by atoms with Crippen molar-refractivity contribution in [2.75, 3.05) is 19.8 Å². The van der Waals surface area contributed by atoms with Crippen LogP contribution >= 0.6 is 0 Å². The number of hydrogen-bond donors (Lipinski definition) is 1. The summed E-state index contributed by atoms with van der Waals surface area (Å²) in [6, 6.07) is 7.64. The molecule has 1 N–H and O–H groups in total. The van der Waals surface area contributed by atoms with E-state index in [-0.39, 0.29) is 0 Å². The highest BCUT2D eigenvalue weighted by atomic mass is 16.5. The topological polar surface area (TPSA) is 81.5 Å². The number of hydrogen-bond acceptors (Lipinski definition) is 5. The Labute approximate surface area is 173 Å². The summed E-state index contributed by atoms with van der Waals surface area (Å²) in [4.78, 5) is 20.2. The fraction of sp³-hybridized carbons (Fsp3) is 0.522. The minimum absolute atomic E-state index is 0.549. The van der Waals surface area contributed by atoms with Gasteiger partial charge in [0.1, 0.15) is 5.75 Å². The minimum Gasteiger partial charge on any atom is -0.494 e. The van der Waals surface area contributed by atoms with Gasteiger partial charge in [-0.25, -0.2) is 9.97 Å². The van der Waals surface area contributed by atoms with Crippen molar-refractivity contribution in [2.45, 2.75) is 58.3 Å².